The molecule has 1 rings (SSSR count). The minimum Gasteiger partial charge on any atom is -0.375 e. The van der Waals surface area contributed by atoms with E-state index in [1.54, 1.807) is 0 Å². The molecular formula is C26H47N3O. The molecule has 0 amide bonds. The number of hydrogen-bond acceptors (Lipinski definition) is 3. The fourth-order valence-corrected chi connectivity index (χ4v) is 3.15. The largest absolute Gasteiger partial charge is 0.375 e. The molecule has 0 bridgehead atoms. The quantitative estimate of drug-likeness (QED) is 0.246. The number of hydrogen-bond donors (Lipinski definition) is 0. The summed E-state index contributed by atoms with van der Waals surface area (Å²) in [4.78, 5) is 0. The fourth-order valence-electron chi connectivity index (χ4n) is 3.15. The second kappa shape index (κ2) is 13.1. The highest BCUT2D eigenvalue weighted by atomic mass is 16.5. The van der Waals surface area contributed by atoms with Gasteiger partial charge < -0.3 is 4.74 Å². The first-order valence-corrected chi connectivity index (χ1v) is 11.7. The van der Waals surface area contributed by atoms with Crippen LogP contribution >= 0.6 is 0 Å². The maximum absolute atomic E-state index is 5.74. The number of aryl methyl sites for hydroxylation is 1. The van der Waals surface area contributed by atoms with Crippen molar-refractivity contribution in [2.75, 3.05) is 6.61 Å². The Kier molecular flexibility index (Phi) is 11.6. The van der Waals surface area contributed by atoms with Gasteiger partial charge in [-0.2, -0.15) is 0 Å². The van der Waals surface area contributed by atoms with Crippen molar-refractivity contribution < 1.29 is 4.74 Å². The van der Waals surface area contributed by atoms with Crippen molar-refractivity contribution in [1.82, 2.24) is 15.0 Å². The van der Waals surface area contributed by atoms with Crippen LogP contribution in [-0.2, 0) is 17.9 Å². The van der Waals surface area contributed by atoms with Crippen LogP contribution in [0.2, 0.25) is 0 Å². The molecule has 4 nitrogen and oxygen atoms in total. The lowest BCUT2D eigenvalue weighted by Gasteiger charge is -2.17. The number of nitrogens with zero attached hydrogens (tertiary/aromatic N) is 3. The molecule has 0 saturated heterocycles. The van der Waals surface area contributed by atoms with Crippen LogP contribution in [0.1, 0.15) is 106 Å². The van der Waals surface area contributed by atoms with E-state index in [9.17, 15) is 0 Å². The van der Waals surface area contributed by atoms with Crippen LogP contribution in [0.4, 0.5) is 0 Å². The number of aromatic nitrogens is 3. The van der Waals surface area contributed by atoms with Crippen LogP contribution in [0.15, 0.2) is 29.5 Å². The Balaban J connectivity index is 2.20. The molecule has 0 aliphatic heterocycles. The Morgan fingerprint density at radius 1 is 0.967 bits per heavy atom. The normalized spacial score (nSPS) is 13.9. The average molecular weight is 418 g/mol. The van der Waals surface area contributed by atoms with Crippen molar-refractivity contribution in [3.63, 3.8) is 0 Å². The third kappa shape index (κ3) is 14.5. The molecule has 0 atom stereocenters. The minimum atomic E-state index is 0.376. The van der Waals surface area contributed by atoms with Gasteiger partial charge >= 0.3 is 0 Å². The predicted molar refractivity (Wildman–Crippen MR) is 128 cm³/mol. The summed E-state index contributed by atoms with van der Waals surface area (Å²) in [6.45, 7) is 20.4. The van der Waals surface area contributed by atoms with E-state index in [1.165, 1.54) is 17.6 Å². The molecule has 0 saturated carbocycles. The van der Waals surface area contributed by atoms with Crippen molar-refractivity contribution in [1.29, 1.82) is 0 Å². The van der Waals surface area contributed by atoms with Crippen LogP contribution < -0.4 is 0 Å². The van der Waals surface area contributed by atoms with Gasteiger partial charge in [-0.25, -0.2) is 0 Å². The summed E-state index contributed by atoms with van der Waals surface area (Å²) >= 11 is 0. The zero-order chi connectivity index (χ0) is 22.6. The molecule has 1 aromatic rings. The molecule has 0 N–H and O–H groups in total. The Morgan fingerprint density at radius 2 is 1.67 bits per heavy atom. The first kappa shape index (κ1) is 26.6. The predicted octanol–water partition coefficient (Wildman–Crippen LogP) is 7.51. The summed E-state index contributed by atoms with van der Waals surface area (Å²) in [7, 11) is 0. The summed E-state index contributed by atoms with van der Waals surface area (Å²) in [5.41, 5.74) is 4.66. The van der Waals surface area contributed by atoms with Crippen molar-refractivity contribution in [2.24, 2.45) is 10.8 Å². The summed E-state index contributed by atoms with van der Waals surface area (Å²) in [5, 5.41) is 8.47. The molecule has 0 spiro atoms. The summed E-state index contributed by atoms with van der Waals surface area (Å²) < 4.78 is 7.69. The third-order valence-corrected chi connectivity index (χ3v) is 5.10. The van der Waals surface area contributed by atoms with Gasteiger partial charge in [-0.1, -0.05) is 70.1 Å². The molecule has 0 radical (unpaired) electrons. The van der Waals surface area contributed by atoms with Crippen LogP contribution in [-0.4, -0.2) is 21.6 Å². The van der Waals surface area contributed by atoms with E-state index in [-0.39, 0.29) is 0 Å². The highest BCUT2D eigenvalue weighted by molar-refractivity contribution is 5.04. The van der Waals surface area contributed by atoms with Gasteiger partial charge in [0.05, 0.1) is 12.8 Å². The molecular weight excluding hydrogens is 370 g/mol. The number of ether oxygens (including phenoxy) is 1. The second-order valence-electron chi connectivity index (χ2n) is 11.2. The Bertz CT molecular complexity index is 657. The Labute approximate surface area is 186 Å². The zero-order valence-corrected chi connectivity index (χ0v) is 21.1. The molecule has 30 heavy (non-hydrogen) atoms. The minimum absolute atomic E-state index is 0.376. The topological polar surface area (TPSA) is 39.9 Å². The smallest absolute Gasteiger partial charge is 0.108 e. The van der Waals surface area contributed by atoms with E-state index in [0.29, 0.717) is 17.4 Å². The van der Waals surface area contributed by atoms with E-state index in [1.807, 2.05) is 10.9 Å². The summed E-state index contributed by atoms with van der Waals surface area (Å²) in [5.74, 6) is 0. The SMILES string of the molecule is C/C(=C\CC(C)(C)C)CC/C=C(\C)CCCn1cc(COCCCC(C)(C)C)nn1. The van der Waals surface area contributed by atoms with Crippen molar-refractivity contribution in [3.05, 3.63) is 35.2 Å². The van der Waals surface area contributed by atoms with E-state index in [0.717, 1.165) is 57.4 Å². The standard InChI is InChI=1S/C26H47N3O/c1-22(12-9-13-23(2)15-17-26(6,7)8)14-10-18-29-20-24(27-28-29)21-30-19-11-16-25(3,4)5/h12,15,20H,9-11,13-14,16-19,21H2,1-8H3/b22-12+,23-15+. The van der Waals surface area contributed by atoms with Gasteiger partial charge in [0.25, 0.3) is 0 Å². The van der Waals surface area contributed by atoms with E-state index in [4.69, 9.17) is 4.74 Å². The Hall–Kier alpha value is -1.42. The average Bonchev–Trinajstić information content (AvgIpc) is 3.06. The first-order valence-electron chi connectivity index (χ1n) is 11.7. The maximum Gasteiger partial charge on any atom is 0.108 e. The van der Waals surface area contributed by atoms with Gasteiger partial charge in [0, 0.05) is 13.2 Å². The van der Waals surface area contributed by atoms with Gasteiger partial charge in [-0.3, -0.25) is 4.68 Å². The summed E-state index contributed by atoms with van der Waals surface area (Å²) in [6.07, 6.45) is 14.8. The fraction of sp³-hybridized carbons (Fsp3) is 0.769. The van der Waals surface area contributed by atoms with Gasteiger partial charge in [0.2, 0.25) is 0 Å². The molecule has 1 aromatic heterocycles. The lowest BCUT2D eigenvalue weighted by atomic mass is 9.91. The summed E-state index contributed by atoms with van der Waals surface area (Å²) in [6, 6.07) is 0. The zero-order valence-electron chi connectivity index (χ0n) is 21.1. The maximum atomic E-state index is 5.74. The van der Waals surface area contributed by atoms with Crippen LogP contribution in [0.3, 0.4) is 0 Å². The van der Waals surface area contributed by atoms with Gasteiger partial charge in [-0.05, 0) is 69.6 Å². The number of rotatable bonds is 13. The van der Waals surface area contributed by atoms with E-state index >= 15 is 0 Å². The molecule has 172 valence electrons. The highest BCUT2D eigenvalue weighted by Gasteiger charge is 2.09. The lowest BCUT2D eigenvalue weighted by Crippen LogP contribution is -2.06. The van der Waals surface area contributed by atoms with E-state index < -0.39 is 0 Å². The van der Waals surface area contributed by atoms with Gasteiger partial charge in [-0.15, -0.1) is 5.10 Å². The third-order valence-electron chi connectivity index (χ3n) is 5.10. The highest BCUT2D eigenvalue weighted by Crippen LogP contribution is 2.21. The molecule has 0 aliphatic rings. The van der Waals surface area contributed by atoms with Gasteiger partial charge in [0.15, 0.2) is 0 Å². The molecule has 1 heterocycles. The van der Waals surface area contributed by atoms with Crippen LogP contribution in [0.5, 0.6) is 0 Å². The lowest BCUT2D eigenvalue weighted by molar-refractivity contribution is 0.107. The van der Waals surface area contributed by atoms with Crippen LogP contribution in [0.25, 0.3) is 0 Å². The monoisotopic (exact) mass is 417 g/mol. The van der Waals surface area contributed by atoms with Crippen molar-refractivity contribution in [3.8, 4) is 0 Å². The van der Waals surface area contributed by atoms with Crippen LogP contribution in [0, 0.1) is 10.8 Å². The molecule has 4 heteroatoms. The molecule has 0 aliphatic carbocycles. The first-order chi connectivity index (χ1) is 13.9. The number of allylic oxidation sites excluding steroid dienone is 4. The molecule has 0 aromatic carbocycles. The molecule has 0 fully saturated rings. The molecule has 0 unspecified atom stereocenters. The Morgan fingerprint density at radius 3 is 2.33 bits per heavy atom. The van der Waals surface area contributed by atoms with Crippen molar-refractivity contribution in [2.45, 2.75) is 113 Å². The second-order valence-corrected chi connectivity index (χ2v) is 11.2. The van der Waals surface area contributed by atoms with Crippen molar-refractivity contribution >= 4 is 0 Å². The van der Waals surface area contributed by atoms with E-state index in [2.05, 4.69) is 77.9 Å². The van der Waals surface area contributed by atoms with Gasteiger partial charge in [0.1, 0.15) is 5.69 Å².